The van der Waals surface area contributed by atoms with E-state index in [1.54, 1.807) is 6.07 Å². The van der Waals surface area contributed by atoms with Gasteiger partial charge < -0.3 is 0 Å². The third-order valence-electron chi connectivity index (χ3n) is 3.47. The summed E-state index contributed by atoms with van der Waals surface area (Å²) in [7, 11) is 0. The van der Waals surface area contributed by atoms with Crippen molar-refractivity contribution in [3.05, 3.63) is 69.7 Å². The largest absolute Gasteiger partial charge is 0.289 e. The molecular weight excluding hydrogens is 268 g/mol. The van der Waals surface area contributed by atoms with Crippen LogP contribution in [-0.2, 0) is 6.42 Å². The Kier molecular flexibility index (Phi) is 4.97. The highest BCUT2D eigenvalue weighted by Crippen LogP contribution is 2.23. The van der Waals surface area contributed by atoms with E-state index in [2.05, 4.69) is 6.92 Å². The average molecular weight is 287 g/mol. The lowest BCUT2D eigenvalue weighted by molar-refractivity contribution is 0.103. The summed E-state index contributed by atoms with van der Waals surface area (Å²) in [5, 5.41) is 0.549. The van der Waals surface area contributed by atoms with Crippen molar-refractivity contribution in [1.29, 1.82) is 0 Å². The van der Waals surface area contributed by atoms with Gasteiger partial charge in [0, 0.05) is 11.1 Å². The standard InChI is InChI=1S/C18H19ClO/c1-3-4-7-14-9-11-15(12-10-14)18(20)16-8-5-6-13(2)17(16)19/h5-6,8-12H,3-4,7H2,1-2H3. The lowest BCUT2D eigenvalue weighted by Gasteiger charge is -2.07. The summed E-state index contributed by atoms with van der Waals surface area (Å²) in [6, 6.07) is 13.4. The van der Waals surface area contributed by atoms with Crippen LogP contribution in [0.4, 0.5) is 0 Å². The summed E-state index contributed by atoms with van der Waals surface area (Å²) >= 11 is 6.22. The van der Waals surface area contributed by atoms with Gasteiger partial charge in [-0.1, -0.05) is 61.3 Å². The molecule has 0 unspecified atom stereocenters. The first kappa shape index (κ1) is 14.8. The second kappa shape index (κ2) is 6.71. The fourth-order valence-electron chi connectivity index (χ4n) is 2.18. The molecule has 0 N–H and O–H groups in total. The van der Waals surface area contributed by atoms with Crippen molar-refractivity contribution < 1.29 is 4.79 Å². The van der Waals surface area contributed by atoms with Gasteiger partial charge in [0.25, 0.3) is 0 Å². The molecule has 0 aliphatic heterocycles. The molecule has 0 aliphatic carbocycles. The zero-order valence-corrected chi connectivity index (χ0v) is 12.7. The lowest BCUT2D eigenvalue weighted by atomic mass is 9.99. The normalized spacial score (nSPS) is 10.6. The molecule has 1 nitrogen and oxygen atoms in total. The zero-order chi connectivity index (χ0) is 14.5. The number of hydrogen-bond donors (Lipinski definition) is 0. The molecule has 0 aromatic heterocycles. The SMILES string of the molecule is CCCCc1ccc(C(=O)c2cccc(C)c2Cl)cc1. The van der Waals surface area contributed by atoms with Gasteiger partial charge in [0.2, 0.25) is 0 Å². The summed E-state index contributed by atoms with van der Waals surface area (Å²) in [5.74, 6) is -0.0132. The van der Waals surface area contributed by atoms with E-state index in [0.717, 1.165) is 12.0 Å². The Balaban J connectivity index is 2.23. The van der Waals surface area contributed by atoms with E-state index >= 15 is 0 Å². The Morgan fingerprint density at radius 1 is 1.10 bits per heavy atom. The van der Waals surface area contributed by atoms with E-state index < -0.39 is 0 Å². The molecule has 2 heteroatoms. The van der Waals surface area contributed by atoms with Crippen molar-refractivity contribution in [3.63, 3.8) is 0 Å². The minimum atomic E-state index is -0.0132. The second-order valence-corrected chi connectivity index (χ2v) is 5.44. The highest BCUT2D eigenvalue weighted by Gasteiger charge is 2.13. The van der Waals surface area contributed by atoms with Crippen LogP contribution in [0.5, 0.6) is 0 Å². The van der Waals surface area contributed by atoms with E-state index in [-0.39, 0.29) is 5.78 Å². The summed E-state index contributed by atoms with van der Waals surface area (Å²) in [6.45, 7) is 4.09. The van der Waals surface area contributed by atoms with E-state index in [0.29, 0.717) is 16.1 Å². The van der Waals surface area contributed by atoms with Gasteiger partial charge in [-0.15, -0.1) is 0 Å². The zero-order valence-electron chi connectivity index (χ0n) is 11.9. The molecule has 0 atom stereocenters. The van der Waals surface area contributed by atoms with Gasteiger partial charge in [0.15, 0.2) is 5.78 Å². The number of carbonyl (C=O) groups excluding carboxylic acids is 1. The molecule has 0 radical (unpaired) electrons. The molecule has 0 aliphatic rings. The minimum Gasteiger partial charge on any atom is -0.289 e. The summed E-state index contributed by atoms with van der Waals surface area (Å²) in [6.07, 6.45) is 3.42. The third-order valence-corrected chi connectivity index (χ3v) is 3.97. The molecule has 0 spiro atoms. The van der Waals surface area contributed by atoms with Crippen LogP contribution in [0.25, 0.3) is 0 Å². The molecular formula is C18H19ClO. The van der Waals surface area contributed by atoms with E-state index in [4.69, 9.17) is 11.6 Å². The van der Waals surface area contributed by atoms with E-state index in [1.165, 1.54) is 18.4 Å². The van der Waals surface area contributed by atoms with Crippen molar-refractivity contribution in [3.8, 4) is 0 Å². The molecule has 2 aromatic carbocycles. The van der Waals surface area contributed by atoms with Crippen LogP contribution in [0.15, 0.2) is 42.5 Å². The van der Waals surface area contributed by atoms with Crippen LogP contribution in [0, 0.1) is 6.92 Å². The maximum atomic E-state index is 12.5. The van der Waals surface area contributed by atoms with Gasteiger partial charge in [-0.05, 0) is 37.0 Å². The summed E-state index contributed by atoms with van der Waals surface area (Å²) in [4.78, 5) is 12.5. The van der Waals surface area contributed by atoms with Crippen LogP contribution in [-0.4, -0.2) is 5.78 Å². The number of ketones is 1. The molecule has 20 heavy (non-hydrogen) atoms. The molecule has 2 rings (SSSR count). The highest BCUT2D eigenvalue weighted by atomic mass is 35.5. The van der Waals surface area contributed by atoms with Gasteiger partial charge in [-0.25, -0.2) is 0 Å². The first-order valence-electron chi connectivity index (χ1n) is 7.02. The van der Waals surface area contributed by atoms with Gasteiger partial charge in [0.1, 0.15) is 0 Å². The number of carbonyl (C=O) groups is 1. The van der Waals surface area contributed by atoms with E-state index in [1.807, 2.05) is 43.3 Å². The third kappa shape index (κ3) is 3.29. The monoisotopic (exact) mass is 286 g/mol. The molecule has 0 saturated heterocycles. The number of benzene rings is 2. The van der Waals surface area contributed by atoms with Crippen molar-refractivity contribution in [2.24, 2.45) is 0 Å². The predicted molar refractivity (Wildman–Crippen MR) is 84.7 cm³/mol. The molecule has 0 bridgehead atoms. The fourth-order valence-corrected chi connectivity index (χ4v) is 2.39. The van der Waals surface area contributed by atoms with Crippen molar-refractivity contribution in [1.82, 2.24) is 0 Å². The smallest absolute Gasteiger partial charge is 0.194 e. The predicted octanol–water partition coefficient (Wildman–Crippen LogP) is 5.22. The number of halogens is 1. The molecule has 0 fully saturated rings. The maximum Gasteiger partial charge on any atom is 0.194 e. The Labute approximate surface area is 125 Å². The van der Waals surface area contributed by atoms with Crippen molar-refractivity contribution in [2.45, 2.75) is 33.1 Å². The van der Waals surface area contributed by atoms with Crippen LogP contribution < -0.4 is 0 Å². The van der Waals surface area contributed by atoms with Crippen LogP contribution in [0.3, 0.4) is 0 Å². The number of rotatable bonds is 5. The lowest BCUT2D eigenvalue weighted by Crippen LogP contribution is -2.03. The first-order valence-corrected chi connectivity index (χ1v) is 7.40. The Morgan fingerprint density at radius 3 is 2.45 bits per heavy atom. The van der Waals surface area contributed by atoms with Crippen LogP contribution in [0.1, 0.15) is 46.8 Å². The Hall–Kier alpha value is -1.60. The van der Waals surface area contributed by atoms with Crippen LogP contribution in [0.2, 0.25) is 5.02 Å². The summed E-state index contributed by atoms with van der Waals surface area (Å²) in [5.41, 5.74) is 3.47. The molecule has 2 aromatic rings. The Bertz CT molecular complexity index is 599. The fraction of sp³-hybridized carbons (Fsp3) is 0.278. The molecule has 0 amide bonds. The minimum absolute atomic E-state index is 0.0132. The number of hydrogen-bond acceptors (Lipinski definition) is 1. The average Bonchev–Trinajstić information content (AvgIpc) is 2.48. The number of aryl methyl sites for hydroxylation is 2. The Morgan fingerprint density at radius 2 is 1.80 bits per heavy atom. The van der Waals surface area contributed by atoms with Crippen molar-refractivity contribution in [2.75, 3.05) is 0 Å². The van der Waals surface area contributed by atoms with Gasteiger partial charge in [0.05, 0.1) is 5.02 Å². The first-order chi connectivity index (χ1) is 9.63. The van der Waals surface area contributed by atoms with Gasteiger partial charge in [-0.2, -0.15) is 0 Å². The van der Waals surface area contributed by atoms with Crippen molar-refractivity contribution >= 4 is 17.4 Å². The molecule has 0 saturated carbocycles. The van der Waals surface area contributed by atoms with Crippen LogP contribution >= 0.6 is 11.6 Å². The summed E-state index contributed by atoms with van der Waals surface area (Å²) < 4.78 is 0. The molecule has 0 heterocycles. The number of unbranched alkanes of at least 4 members (excludes halogenated alkanes) is 1. The molecule has 104 valence electrons. The topological polar surface area (TPSA) is 17.1 Å². The highest BCUT2D eigenvalue weighted by molar-refractivity contribution is 6.35. The second-order valence-electron chi connectivity index (χ2n) is 5.07. The van der Waals surface area contributed by atoms with E-state index in [9.17, 15) is 4.79 Å². The van der Waals surface area contributed by atoms with Gasteiger partial charge >= 0.3 is 0 Å². The quantitative estimate of drug-likeness (QED) is 0.689. The van der Waals surface area contributed by atoms with Gasteiger partial charge in [-0.3, -0.25) is 4.79 Å². The maximum absolute atomic E-state index is 12.5.